The number of nitrogens with one attached hydrogen (secondary N) is 2. The molecular formula is C15H21FN4O2. The predicted octanol–water partition coefficient (Wildman–Crippen LogP) is 1.20. The van der Waals surface area contributed by atoms with Gasteiger partial charge in [-0.3, -0.25) is 9.69 Å². The number of nitrogens with two attached hydrogens (primary N) is 1. The van der Waals surface area contributed by atoms with Crippen LogP contribution in [0.15, 0.2) is 18.2 Å². The van der Waals surface area contributed by atoms with Crippen molar-refractivity contribution in [3.63, 3.8) is 0 Å². The van der Waals surface area contributed by atoms with Gasteiger partial charge in [-0.05, 0) is 38.0 Å². The molecule has 0 saturated carbocycles. The molecule has 1 saturated heterocycles. The third kappa shape index (κ3) is 3.94. The molecule has 1 fully saturated rings. The molecule has 0 aromatic heterocycles. The minimum atomic E-state index is -0.556. The number of amides is 3. The SMILES string of the molecule is Cc1ccc(F)cc1NC(=O)C(C)N1CCC(NC(N)=O)C1. The van der Waals surface area contributed by atoms with E-state index in [0.29, 0.717) is 18.8 Å². The zero-order valence-electron chi connectivity index (χ0n) is 12.7. The van der Waals surface area contributed by atoms with Crippen LogP contribution in [-0.2, 0) is 4.79 Å². The first-order chi connectivity index (χ1) is 10.4. The van der Waals surface area contributed by atoms with Crippen LogP contribution >= 0.6 is 0 Å². The van der Waals surface area contributed by atoms with Crippen LogP contribution < -0.4 is 16.4 Å². The lowest BCUT2D eigenvalue weighted by Crippen LogP contribution is -2.44. The van der Waals surface area contributed by atoms with Crippen molar-refractivity contribution in [1.82, 2.24) is 10.2 Å². The van der Waals surface area contributed by atoms with Crippen LogP contribution in [0.3, 0.4) is 0 Å². The van der Waals surface area contributed by atoms with Crippen LogP contribution in [0.25, 0.3) is 0 Å². The Morgan fingerprint density at radius 3 is 2.86 bits per heavy atom. The van der Waals surface area contributed by atoms with Gasteiger partial charge < -0.3 is 16.4 Å². The van der Waals surface area contributed by atoms with Gasteiger partial charge in [-0.1, -0.05) is 6.07 Å². The highest BCUT2D eigenvalue weighted by Gasteiger charge is 2.30. The van der Waals surface area contributed by atoms with Crippen LogP contribution in [0.2, 0.25) is 0 Å². The van der Waals surface area contributed by atoms with Crippen molar-refractivity contribution in [1.29, 1.82) is 0 Å². The van der Waals surface area contributed by atoms with E-state index in [9.17, 15) is 14.0 Å². The van der Waals surface area contributed by atoms with Gasteiger partial charge >= 0.3 is 6.03 Å². The number of carbonyl (C=O) groups is 2. The van der Waals surface area contributed by atoms with Gasteiger partial charge in [0.05, 0.1) is 6.04 Å². The van der Waals surface area contributed by atoms with Gasteiger partial charge in [-0.2, -0.15) is 0 Å². The number of halogens is 1. The summed E-state index contributed by atoms with van der Waals surface area (Å²) in [5, 5.41) is 5.40. The summed E-state index contributed by atoms with van der Waals surface area (Å²) in [6.07, 6.45) is 0.750. The van der Waals surface area contributed by atoms with E-state index in [4.69, 9.17) is 5.73 Å². The zero-order chi connectivity index (χ0) is 16.3. The lowest BCUT2D eigenvalue weighted by Gasteiger charge is -2.23. The summed E-state index contributed by atoms with van der Waals surface area (Å²) in [5.41, 5.74) is 6.38. The number of aryl methyl sites for hydroxylation is 1. The Balaban J connectivity index is 1.95. The number of anilines is 1. The Bertz CT molecular complexity index is 579. The first kappa shape index (κ1) is 16.2. The molecule has 4 N–H and O–H groups in total. The topological polar surface area (TPSA) is 87.5 Å². The molecule has 0 bridgehead atoms. The summed E-state index contributed by atoms with van der Waals surface area (Å²) in [6.45, 7) is 4.86. The van der Waals surface area contributed by atoms with E-state index in [0.717, 1.165) is 12.0 Å². The van der Waals surface area contributed by atoms with Gasteiger partial charge in [0.15, 0.2) is 0 Å². The van der Waals surface area contributed by atoms with Crippen LogP contribution in [0.1, 0.15) is 18.9 Å². The highest BCUT2D eigenvalue weighted by Crippen LogP contribution is 2.18. The maximum absolute atomic E-state index is 13.3. The third-order valence-electron chi connectivity index (χ3n) is 3.95. The van der Waals surface area contributed by atoms with Gasteiger partial charge in [0.1, 0.15) is 5.82 Å². The molecule has 1 aromatic rings. The largest absolute Gasteiger partial charge is 0.352 e. The number of urea groups is 1. The van der Waals surface area contributed by atoms with Crippen molar-refractivity contribution in [2.45, 2.75) is 32.4 Å². The number of nitrogens with zero attached hydrogens (tertiary/aromatic N) is 1. The van der Waals surface area contributed by atoms with E-state index in [1.54, 1.807) is 13.0 Å². The Morgan fingerprint density at radius 1 is 1.45 bits per heavy atom. The maximum Gasteiger partial charge on any atom is 0.312 e. The molecule has 22 heavy (non-hydrogen) atoms. The monoisotopic (exact) mass is 308 g/mol. The summed E-state index contributed by atoms with van der Waals surface area (Å²) in [5.74, 6) is -0.589. The van der Waals surface area contributed by atoms with Crippen LogP contribution in [0.4, 0.5) is 14.9 Å². The molecule has 0 aliphatic carbocycles. The van der Waals surface area contributed by atoms with E-state index in [1.807, 2.05) is 11.8 Å². The second-order valence-corrected chi connectivity index (χ2v) is 5.61. The van der Waals surface area contributed by atoms with Gasteiger partial charge in [0.2, 0.25) is 5.91 Å². The smallest absolute Gasteiger partial charge is 0.312 e. The minimum Gasteiger partial charge on any atom is -0.352 e. The van der Waals surface area contributed by atoms with Gasteiger partial charge in [-0.25, -0.2) is 9.18 Å². The maximum atomic E-state index is 13.3. The summed E-state index contributed by atoms with van der Waals surface area (Å²) >= 11 is 0. The number of carbonyl (C=O) groups excluding carboxylic acids is 2. The molecule has 120 valence electrons. The van der Waals surface area contributed by atoms with Crippen LogP contribution in [0.5, 0.6) is 0 Å². The van der Waals surface area contributed by atoms with Gasteiger partial charge in [-0.15, -0.1) is 0 Å². The fourth-order valence-electron chi connectivity index (χ4n) is 2.59. The molecule has 3 amide bonds. The lowest BCUT2D eigenvalue weighted by molar-refractivity contribution is -0.120. The van der Waals surface area contributed by atoms with Crippen LogP contribution in [-0.4, -0.2) is 42.0 Å². The Morgan fingerprint density at radius 2 is 2.18 bits per heavy atom. The Labute approximate surface area is 128 Å². The van der Waals surface area contributed by atoms with Crippen molar-refractivity contribution < 1.29 is 14.0 Å². The molecule has 0 radical (unpaired) electrons. The molecule has 6 nitrogen and oxygen atoms in total. The fourth-order valence-corrected chi connectivity index (χ4v) is 2.59. The average molecular weight is 308 g/mol. The number of rotatable bonds is 4. The Hall–Kier alpha value is -2.15. The predicted molar refractivity (Wildman–Crippen MR) is 81.9 cm³/mol. The summed E-state index contributed by atoms with van der Waals surface area (Å²) in [7, 11) is 0. The molecule has 1 aliphatic heterocycles. The number of benzene rings is 1. The molecule has 2 atom stereocenters. The lowest BCUT2D eigenvalue weighted by atomic mass is 10.2. The van der Waals surface area contributed by atoms with Crippen LogP contribution in [0, 0.1) is 12.7 Å². The summed E-state index contributed by atoms with van der Waals surface area (Å²) in [6, 6.07) is 3.32. The molecule has 1 heterocycles. The van der Waals surface area contributed by atoms with E-state index in [2.05, 4.69) is 10.6 Å². The summed E-state index contributed by atoms with van der Waals surface area (Å²) < 4.78 is 13.3. The van der Waals surface area contributed by atoms with Crippen molar-refractivity contribution in [2.75, 3.05) is 18.4 Å². The standard InChI is InChI=1S/C15H21FN4O2/c1-9-3-4-11(16)7-13(9)19-14(21)10(2)20-6-5-12(8-20)18-15(17)22/h3-4,7,10,12H,5-6,8H2,1-2H3,(H,19,21)(H3,17,18,22). The first-order valence-corrected chi connectivity index (χ1v) is 7.24. The molecule has 2 rings (SSSR count). The molecule has 0 spiro atoms. The van der Waals surface area contributed by atoms with Gasteiger partial charge in [0, 0.05) is 24.8 Å². The number of likely N-dealkylation sites (tertiary alicyclic amines) is 1. The molecule has 7 heteroatoms. The third-order valence-corrected chi connectivity index (χ3v) is 3.95. The molecular weight excluding hydrogens is 287 g/mol. The van der Waals surface area contributed by atoms with Crippen molar-refractivity contribution in [3.8, 4) is 0 Å². The first-order valence-electron chi connectivity index (χ1n) is 7.24. The van der Waals surface area contributed by atoms with E-state index < -0.39 is 6.03 Å². The number of hydrogen-bond donors (Lipinski definition) is 3. The quantitative estimate of drug-likeness (QED) is 0.781. The highest BCUT2D eigenvalue weighted by atomic mass is 19.1. The van der Waals surface area contributed by atoms with E-state index in [-0.39, 0.29) is 23.8 Å². The van der Waals surface area contributed by atoms with Crippen molar-refractivity contribution in [3.05, 3.63) is 29.6 Å². The van der Waals surface area contributed by atoms with Crippen molar-refractivity contribution in [2.24, 2.45) is 5.73 Å². The number of hydrogen-bond acceptors (Lipinski definition) is 3. The fraction of sp³-hybridized carbons (Fsp3) is 0.467. The summed E-state index contributed by atoms with van der Waals surface area (Å²) in [4.78, 5) is 25.1. The second kappa shape index (κ2) is 6.74. The number of primary amides is 1. The zero-order valence-corrected chi connectivity index (χ0v) is 12.7. The van der Waals surface area contributed by atoms with E-state index in [1.165, 1.54) is 12.1 Å². The molecule has 2 unspecified atom stereocenters. The normalized spacial score (nSPS) is 19.7. The van der Waals surface area contributed by atoms with Crippen molar-refractivity contribution >= 4 is 17.6 Å². The minimum absolute atomic E-state index is 0.0383. The van der Waals surface area contributed by atoms with E-state index >= 15 is 0 Å². The van der Waals surface area contributed by atoms with Gasteiger partial charge in [0.25, 0.3) is 0 Å². The highest BCUT2D eigenvalue weighted by molar-refractivity contribution is 5.95. The molecule has 1 aromatic carbocycles. The molecule has 1 aliphatic rings. The Kier molecular flexibility index (Phi) is 4.97. The second-order valence-electron chi connectivity index (χ2n) is 5.61. The average Bonchev–Trinajstić information content (AvgIpc) is 2.89.